The van der Waals surface area contributed by atoms with Crippen molar-refractivity contribution in [3.63, 3.8) is 0 Å². The van der Waals surface area contributed by atoms with Gasteiger partial charge in [0.05, 0.1) is 19.0 Å². The van der Waals surface area contributed by atoms with E-state index in [2.05, 4.69) is 23.3 Å². The molecule has 0 aliphatic rings. The Hall–Kier alpha value is -2.56. The number of carbonyl (C=O) groups is 1. The maximum absolute atomic E-state index is 11.8. The number of aryl methyl sites for hydroxylation is 1. The number of esters is 1. The van der Waals surface area contributed by atoms with Crippen LogP contribution in [-0.2, 0) is 11.2 Å². The summed E-state index contributed by atoms with van der Waals surface area (Å²) in [4.78, 5) is 16.0. The SMILES string of the molecule is CCCc1ccccc1Nc1ncc(N)cc1C(=O)OC. The van der Waals surface area contributed by atoms with Crippen molar-refractivity contribution in [3.8, 4) is 0 Å². The van der Waals surface area contributed by atoms with Gasteiger partial charge in [-0.3, -0.25) is 0 Å². The predicted molar refractivity (Wildman–Crippen MR) is 83.7 cm³/mol. The molecule has 5 nitrogen and oxygen atoms in total. The van der Waals surface area contributed by atoms with Crippen molar-refractivity contribution in [1.29, 1.82) is 0 Å². The third kappa shape index (κ3) is 3.51. The molecule has 0 saturated heterocycles. The fourth-order valence-corrected chi connectivity index (χ4v) is 2.10. The monoisotopic (exact) mass is 285 g/mol. The van der Waals surface area contributed by atoms with Crippen LogP contribution in [0.1, 0.15) is 29.3 Å². The van der Waals surface area contributed by atoms with Crippen LogP contribution in [0.15, 0.2) is 36.5 Å². The van der Waals surface area contributed by atoms with Crippen LogP contribution in [0.4, 0.5) is 17.2 Å². The summed E-state index contributed by atoms with van der Waals surface area (Å²) in [5, 5.41) is 3.20. The van der Waals surface area contributed by atoms with Crippen LogP contribution in [0.3, 0.4) is 0 Å². The highest BCUT2D eigenvalue weighted by Crippen LogP contribution is 2.24. The Kier molecular flexibility index (Phi) is 4.77. The van der Waals surface area contributed by atoms with E-state index in [0.29, 0.717) is 17.1 Å². The average molecular weight is 285 g/mol. The first-order valence-electron chi connectivity index (χ1n) is 6.84. The Morgan fingerprint density at radius 3 is 2.86 bits per heavy atom. The van der Waals surface area contributed by atoms with Crippen molar-refractivity contribution in [2.45, 2.75) is 19.8 Å². The number of nitrogen functional groups attached to an aromatic ring is 1. The summed E-state index contributed by atoms with van der Waals surface area (Å²) in [6.45, 7) is 2.12. The van der Waals surface area contributed by atoms with Crippen LogP contribution >= 0.6 is 0 Å². The number of nitrogens with one attached hydrogen (secondary N) is 1. The largest absolute Gasteiger partial charge is 0.465 e. The van der Waals surface area contributed by atoms with E-state index in [4.69, 9.17) is 10.5 Å². The van der Waals surface area contributed by atoms with Gasteiger partial charge in [-0.25, -0.2) is 9.78 Å². The number of ether oxygens (including phenoxy) is 1. The number of benzene rings is 1. The fourth-order valence-electron chi connectivity index (χ4n) is 2.10. The molecule has 0 fully saturated rings. The number of hydrogen-bond acceptors (Lipinski definition) is 5. The molecule has 0 atom stereocenters. The third-order valence-electron chi connectivity index (χ3n) is 3.10. The molecular weight excluding hydrogens is 266 g/mol. The summed E-state index contributed by atoms with van der Waals surface area (Å²) < 4.78 is 4.77. The van der Waals surface area contributed by atoms with Crippen molar-refractivity contribution in [1.82, 2.24) is 4.98 Å². The Bertz CT molecular complexity index is 641. The second-order valence-corrected chi connectivity index (χ2v) is 4.69. The number of rotatable bonds is 5. The number of nitrogens with zero attached hydrogens (tertiary/aromatic N) is 1. The molecule has 0 aliphatic carbocycles. The molecular formula is C16H19N3O2. The van der Waals surface area contributed by atoms with Crippen LogP contribution < -0.4 is 11.1 Å². The number of aromatic nitrogens is 1. The van der Waals surface area contributed by atoms with Crippen molar-refractivity contribution >= 4 is 23.2 Å². The van der Waals surface area contributed by atoms with E-state index in [1.807, 2.05) is 18.2 Å². The van der Waals surface area contributed by atoms with Gasteiger partial charge in [0.15, 0.2) is 0 Å². The molecule has 0 radical (unpaired) electrons. The quantitative estimate of drug-likeness (QED) is 0.825. The minimum atomic E-state index is -0.467. The van der Waals surface area contributed by atoms with Gasteiger partial charge in [-0.15, -0.1) is 0 Å². The molecule has 0 bridgehead atoms. The van der Waals surface area contributed by atoms with Gasteiger partial charge in [-0.1, -0.05) is 31.5 Å². The lowest BCUT2D eigenvalue weighted by Gasteiger charge is -2.13. The topological polar surface area (TPSA) is 77.2 Å². The molecule has 21 heavy (non-hydrogen) atoms. The number of methoxy groups -OCH3 is 1. The van der Waals surface area contributed by atoms with E-state index in [0.717, 1.165) is 18.5 Å². The van der Waals surface area contributed by atoms with Gasteiger partial charge in [0.2, 0.25) is 0 Å². The Labute approximate surface area is 124 Å². The van der Waals surface area contributed by atoms with Gasteiger partial charge in [-0.2, -0.15) is 0 Å². The van der Waals surface area contributed by atoms with Gasteiger partial charge >= 0.3 is 5.97 Å². The first-order chi connectivity index (χ1) is 10.2. The maximum Gasteiger partial charge on any atom is 0.341 e. The van der Waals surface area contributed by atoms with E-state index < -0.39 is 5.97 Å². The predicted octanol–water partition coefficient (Wildman–Crippen LogP) is 3.15. The molecule has 1 aromatic carbocycles. The molecule has 110 valence electrons. The number of hydrogen-bond donors (Lipinski definition) is 2. The summed E-state index contributed by atoms with van der Waals surface area (Å²) in [5.74, 6) is -0.0233. The summed E-state index contributed by atoms with van der Waals surface area (Å²) in [6, 6.07) is 9.51. The average Bonchev–Trinajstić information content (AvgIpc) is 2.50. The molecule has 3 N–H and O–H groups in total. The van der Waals surface area contributed by atoms with Crippen LogP contribution in [-0.4, -0.2) is 18.1 Å². The van der Waals surface area contributed by atoms with Gasteiger partial charge in [0.1, 0.15) is 11.4 Å². The summed E-state index contributed by atoms with van der Waals surface area (Å²) in [7, 11) is 1.33. The van der Waals surface area contributed by atoms with Gasteiger partial charge in [0.25, 0.3) is 0 Å². The van der Waals surface area contributed by atoms with Crippen LogP contribution in [0, 0.1) is 0 Å². The van der Waals surface area contributed by atoms with E-state index in [1.165, 1.54) is 18.9 Å². The molecule has 0 amide bonds. The van der Waals surface area contributed by atoms with E-state index in [-0.39, 0.29) is 0 Å². The van der Waals surface area contributed by atoms with Gasteiger partial charge < -0.3 is 15.8 Å². The molecule has 2 rings (SSSR count). The maximum atomic E-state index is 11.8. The summed E-state index contributed by atoms with van der Waals surface area (Å²) in [6.07, 6.45) is 3.50. The van der Waals surface area contributed by atoms with E-state index in [1.54, 1.807) is 6.07 Å². The van der Waals surface area contributed by atoms with Crippen LogP contribution in [0.5, 0.6) is 0 Å². The Morgan fingerprint density at radius 2 is 2.14 bits per heavy atom. The first kappa shape index (κ1) is 14.8. The summed E-state index contributed by atoms with van der Waals surface area (Å²) >= 11 is 0. The van der Waals surface area contributed by atoms with Crippen molar-refractivity contribution < 1.29 is 9.53 Å². The van der Waals surface area contributed by atoms with E-state index >= 15 is 0 Å². The molecule has 0 aliphatic heterocycles. The zero-order chi connectivity index (χ0) is 15.2. The molecule has 5 heteroatoms. The van der Waals surface area contributed by atoms with Crippen molar-refractivity contribution in [3.05, 3.63) is 47.7 Å². The molecule has 1 aromatic heterocycles. The number of para-hydroxylation sites is 1. The summed E-state index contributed by atoms with van der Waals surface area (Å²) in [5.41, 5.74) is 8.54. The second-order valence-electron chi connectivity index (χ2n) is 4.69. The zero-order valence-corrected chi connectivity index (χ0v) is 12.2. The van der Waals surface area contributed by atoms with Crippen molar-refractivity contribution in [2.75, 3.05) is 18.2 Å². The van der Waals surface area contributed by atoms with Crippen LogP contribution in [0.2, 0.25) is 0 Å². The Balaban J connectivity index is 2.38. The second kappa shape index (κ2) is 6.74. The smallest absolute Gasteiger partial charge is 0.341 e. The molecule has 1 heterocycles. The lowest BCUT2D eigenvalue weighted by Crippen LogP contribution is -2.09. The first-order valence-corrected chi connectivity index (χ1v) is 6.84. The van der Waals surface area contributed by atoms with Crippen LogP contribution in [0.25, 0.3) is 0 Å². The normalized spacial score (nSPS) is 10.2. The lowest BCUT2D eigenvalue weighted by atomic mass is 10.1. The third-order valence-corrected chi connectivity index (χ3v) is 3.10. The van der Waals surface area contributed by atoms with Gasteiger partial charge in [-0.05, 0) is 24.1 Å². The molecule has 0 saturated carbocycles. The number of carbonyl (C=O) groups excluding carboxylic acids is 1. The number of anilines is 3. The highest BCUT2D eigenvalue weighted by molar-refractivity contribution is 5.96. The van der Waals surface area contributed by atoms with Crippen molar-refractivity contribution in [2.24, 2.45) is 0 Å². The molecule has 0 spiro atoms. The van der Waals surface area contributed by atoms with Gasteiger partial charge in [0, 0.05) is 5.69 Å². The Morgan fingerprint density at radius 1 is 1.38 bits per heavy atom. The lowest BCUT2D eigenvalue weighted by molar-refractivity contribution is 0.0601. The standard InChI is InChI=1S/C16H19N3O2/c1-3-6-11-7-4-5-8-14(11)19-15-13(16(20)21-2)9-12(17)10-18-15/h4-5,7-10H,3,6,17H2,1-2H3,(H,18,19). The molecule has 0 unspecified atom stereocenters. The number of pyridine rings is 1. The van der Waals surface area contributed by atoms with E-state index in [9.17, 15) is 4.79 Å². The zero-order valence-electron chi connectivity index (χ0n) is 12.2. The number of nitrogens with two attached hydrogens (primary N) is 1. The minimum absolute atomic E-state index is 0.323. The highest BCUT2D eigenvalue weighted by Gasteiger charge is 2.14. The highest BCUT2D eigenvalue weighted by atomic mass is 16.5. The fraction of sp³-hybridized carbons (Fsp3) is 0.250. The minimum Gasteiger partial charge on any atom is -0.465 e. The molecule has 2 aromatic rings.